The lowest BCUT2D eigenvalue weighted by Gasteiger charge is -2.36. The molecule has 410 valence electrons. The number of fused-ring (bicyclic) bond motifs is 8. The molecule has 4 aromatic rings. The van der Waals surface area contributed by atoms with Crippen molar-refractivity contribution >= 4 is 46.9 Å². The van der Waals surface area contributed by atoms with Gasteiger partial charge in [0.2, 0.25) is 29.5 Å². The molecule has 2 saturated heterocycles. The molecule has 3 aliphatic rings. The Hall–Kier alpha value is -6.97. The normalized spacial score (nSPS) is 18.6. The summed E-state index contributed by atoms with van der Waals surface area (Å²) in [5.74, 6) is -1.95. The molecule has 0 saturated carbocycles. The maximum absolute atomic E-state index is 14.7. The lowest BCUT2D eigenvalue weighted by atomic mass is 9.85. The maximum atomic E-state index is 14.7. The lowest BCUT2D eigenvalue weighted by Crippen LogP contribution is -2.59. The second-order valence-corrected chi connectivity index (χ2v) is 20.9. The van der Waals surface area contributed by atoms with Gasteiger partial charge in [-0.1, -0.05) is 58.0 Å². The SMILES string of the molecule is CC[C@H](NC(=O)[C@H]1C[C@@H](NC(=O)CCOCCOCCC(=O)NCCn2cc3c(n2)CN(C)C(=O)c2ccc(F)cc2[C@H]2CCCN2c2cc-3cnc2N)CN1C(=O)[C@H](NC(=O)[C@@H](C)NC)C(C)(C)C)c1ccccc1. The number of nitrogens with zero attached hydrogens (tertiary/aromatic N) is 6. The van der Waals surface area contributed by atoms with E-state index in [1.165, 1.54) is 17.0 Å². The van der Waals surface area contributed by atoms with E-state index in [4.69, 9.17) is 20.3 Å². The van der Waals surface area contributed by atoms with Gasteiger partial charge in [0.25, 0.3) is 5.91 Å². The molecule has 0 aliphatic carbocycles. The summed E-state index contributed by atoms with van der Waals surface area (Å²) in [6.45, 7) is 11.4. The number of ether oxygens (including phenoxy) is 2. The minimum atomic E-state index is -0.941. The van der Waals surface area contributed by atoms with Gasteiger partial charge in [0.15, 0.2) is 0 Å². The molecule has 76 heavy (non-hydrogen) atoms. The molecule has 0 unspecified atom stereocenters. The molecule has 2 fully saturated rings. The van der Waals surface area contributed by atoms with Gasteiger partial charge in [0, 0.05) is 74.6 Å². The highest BCUT2D eigenvalue weighted by atomic mass is 19.1. The molecule has 20 nitrogen and oxygen atoms in total. The Balaban J connectivity index is 0.854. The topological polar surface area (TPSA) is 247 Å². The average Bonchev–Trinajstić information content (AvgIpc) is 4.17. The van der Waals surface area contributed by atoms with Crippen molar-refractivity contribution in [2.24, 2.45) is 5.41 Å². The van der Waals surface area contributed by atoms with Crippen molar-refractivity contribution in [3.8, 4) is 11.1 Å². The van der Waals surface area contributed by atoms with Crippen LogP contribution < -0.4 is 37.2 Å². The predicted octanol–water partition coefficient (Wildman–Crippen LogP) is 4.02. The van der Waals surface area contributed by atoms with E-state index in [0.29, 0.717) is 47.8 Å². The average molecular weight is 1050 g/mol. The second-order valence-electron chi connectivity index (χ2n) is 20.9. The van der Waals surface area contributed by atoms with Gasteiger partial charge < -0.3 is 56.5 Å². The first-order valence-corrected chi connectivity index (χ1v) is 26.4. The van der Waals surface area contributed by atoms with Crippen molar-refractivity contribution < 1.29 is 42.6 Å². The van der Waals surface area contributed by atoms with E-state index in [2.05, 4.69) is 36.5 Å². The fraction of sp³-hybridized carbons (Fsp3) is 0.527. The summed E-state index contributed by atoms with van der Waals surface area (Å²) in [5, 5.41) is 19.6. The number of nitrogen functional groups attached to an aromatic ring is 1. The van der Waals surface area contributed by atoms with Crippen LogP contribution in [0.1, 0.15) is 112 Å². The van der Waals surface area contributed by atoms with Gasteiger partial charge in [0.1, 0.15) is 23.7 Å². The number of amides is 6. The van der Waals surface area contributed by atoms with Gasteiger partial charge >= 0.3 is 0 Å². The summed E-state index contributed by atoms with van der Waals surface area (Å²) in [6.07, 6.45) is 6.07. The Kier molecular flexibility index (Phi) is 19.2. The van der Waals surface area contributed by atoms with E-state index < -0.39 is 41.3 Å². The highest BCUT2D eigenvalue weighted by molar-refractivity contribution is 5.96. The van der Waals surface area contributed by atoms with Crippen molar-refractivity contribution in [2.45, 2.75) is 122 Å². The van der Waals surface area contributed by atoms with Crippen LogP contribution in [-0.2, 0) is 46.5 Å². The minimum absolute atomic E-state index is 0.0278. The van der Waals surface area contributed by atoms with Crippen LogP contribution in [0.2, 0.25) is 0 Å². The third-order valence-corrected chi connectivity index (χ3v) is 14.3. The fourth-order valence-electron chi connectivity index (χ4n) is 10.0. The standard InChI is InChI=1S/C55H75FN12O8/c1-8-42(35-13-10-9-11-14-35)62-52(72)46-29-38(31-68(46)54(74)49(55(3,4)5)63-51(71)34(2)58-6)61-48(70)19-24-76-26-25-75-23-18-47(69)59-20-22-66-32-41-36-27-45(50(57)60-30-36)67-21-12-15-44(67)40-28-37(56)16-17-39(40)53(73)65(7)33-43(41)64-66/h9-11,13-14,16-17,27-28,30,32,34,38,42,44,46,49,58H,8,12,15,18-26,29,31,33H2,1-7H3,(H2,57,60)(H,59,69)(H,61,70)(H,62,72)(H,63,71)/t34-,38-,42+,44-,46-,49+/m1/s1. The Morgan fingerprint density at radius 2 is 1.67 bits per heavy atom. The maximum Gasteiger partial charge on any atom is 0.254 e. The van der Waals surface area contributed by atoms with Gasteiger partial charge in [-0.25, -0.2) is 9.37 Å². The van der Waals surface area contributed by atoms with Gasteiger partial charge in [-0.2, -0.15) is 5.10 Å². The third kappa shape index (κ3) is 14.1. The number of halogens is 1. The predicted molar refractivity (Wildman–Crippen MR) is 285 cm³/mol. The number of benzene rings is 2. The van der Waals surface area contributed by atoms with Gasteiger partial charge in [0.05, 0.1) is 69.0 Å². The quantitative estimate of drug-likeness (QED) is 0.0647. The van der Waals surface area contributed by atoms with E-state index in [1.54, 1.807) is 42.9 Å². The fourth-order valence-corrected chi connectivity index (χ4v) is 10.0. The second kappa shape index (κ2) is 25.7. The molecule has 2 aromatic heterocycles. The van der Waals surface area contributed by atoms with Crippen LogP contribution in [0, 0.1) is 11.2 Å². The Morgan fingerprint density at radius 3 is 2.37 bits per heavy atom. The number of nitrogens with two attached hydrogens (primary N) is 1. The Morgan fingerprint density at radius 1 is 0.947 bits per heavy atom. The molecule has 6 atom stereocenters. The van der Waals surface area contributed by atoms with Crippen LogP contribution in [0.25, 0.3) is 11.1 Å². The number of aromatic nitrogens is 3. The molecule has 3 aliphatic heterocycles. The van der Waals surface area contributed by atoms with Crippen LogP contribution in [0.3, 0.4) is 0 Å². The molecule has 21 heteroatoms. The molecular weight excluding hydrogens is 976 g/mol. The molecule has 6 amide bonds. The first kappa shape index (κ1) is 56.8. The summed E-state index contributed by atoms with van der Waals surface area (Å²) in [4.78, 5) is 91.0. The zero-order valence-corrected chi connectivity index (χ0v) is 44.8. The number of carbonyl (C=O) groups excluding carboxylic acids is 6. The molecule has 0 radical (unpaired) electrons. The van der Waals surface area contributed by atoms with Crippen molar-refractivity contribution in [3.05, 3.63) is 95.2 Å². The van der Waals surface area contributed by atoms with Crippen LogP contribution in [0.5, 0.6) is 0 Å². The largest absolute Gasteiger partial charge is 0.382 e. The number of carbonyl (C=O) groups is 6. The molecular formula is C55H75FN12O8. The number of hydrogen-bond acceptors (Lipinski definition) is 13. The number of rotatable bonds is 21. The molecule has 0 spiro atoms. The molecule has 7 rings (SSSR count). The zero-order valence-electron chi connectivity index (χ0n) is 44.8. The summed E-state index contributed by atoms with van der Waals surface area (Å²) < 4.78 is 27.7. The third-order valence-electron chi connectivity index (χ3n) is 14.3. The molecule has 2 bridgehead atoms. The number of hydrogen-bond donors (Lipinski definition) is 6. The summed E-state index contributed by atoms with van der Waals surface area (Å²) in [6, 6.07) is 12.4. The number of anilines is 2. The van der Waals surface area contributed by atoms with Crippen molar-refractivity contribution in [2.75, 3.05) is 70.8 Å². The lowest BCUT2D eigenvalue weighted by molar-refractivity contribution is -0.144. The zero-order chi connectivity index (χ0) is 54.7. The highest BCUT2D eigenvalue weighted by Gasteiger charge is 2.46. The van der Waals surface area contributed by atoms with E-state index in [0.717, 1.165) is 29.5 Å². The first-order valence-electron chi connectivity index (χ1n) is 26.4. The van der Waals surface area contributed by atoms with E-state index in [-0.39, 0.29) is 107 Å². The summed E-state index contributed by atoms with van der Waals surface area (Å²) in [5.41, 5.74) is 10.6. The van der Waals surface area contributed by atoms with E-state index in [9.17, 15) is 33.2 Å². The van der Waals surface area contributed by atoms with Crippen LogP contribution in [0.4, 0.5) is 15.9 Å². The number of likely N-dealkylation sites (tertiary alicyclic amines) is 1. The number of nitrogens with one attached hydrogen (secondary N) is 5. The van der Waals surface area contributed by atoms with Gasteiger partial charge in [-0.3, -0.25) is 33.4 Å². The van der Waals surface area contributed by atoms with Crippen LogP contribution in [-0.4, -0.2) is 144 Å². The minimum Gasteiger partial charge on any atom is -0.382 e. The summed E-state index contributed by atoms with van der Waals surface area (Å²) >= 11 is 0. The van der Waals surface area contributed by atoms with E-state index in [1.807, 2.05) is 70.3 Å². The van der Waals surface area contributed by atoms with Gasteiger partial charge in [-0.05, 0) is 80.5 Å². The van der Waals surface area contributed by atoms with Crippen molar-refractivity contribution in [1.82, 2.24) is 51.1 Å². The summed E-state index contributed by atoms with van der Waals surface area (Å²) in [7, 11) is 3.36. The number of pyridine rings is 1. The Bertz CT molecular complexity index is 2700. The Labute approximate surface area is 444 Å². The highest BCUT2D eigenvalue weighted by Crippen LogP contribution is 2.42. The van der Waals surface area contributed by atoms with E-state index >= 15 is 0 Å². The van der Waals surface area contributed by atoms with Crippen LogP contribution in [0.15, 0.2) is 67.0 Å². The van der Waals surface area contributed by atoms with Gasteiger partial charge in [-0.15, -0.1) is 0 Å². The van der Waals surface area contributed by atoms with Crippen LogP contribution >= 0.6 is 0 Å². The molecule has 5 heterocycles. The van der Waals surface area contributed by atoms with Crippen molar-refractivity contribution in [1.29, 1.82) is 0 Å². The smallest absolute Gasteiger partial charge is 0.254 e. The first-order chi connectivity index (χ1) is 36.4. The number of likely N-dealkylation sites (N-methyl/N-ethyl adjacent to an activating group) is 1. The van der Waals surface area contributed by atoms with Crippen molar-refractivity contribution in [3.63, 3.8) is 0 Å². The monoisotopic (exact) mass is 1050 g/mol. The molecule has 7 N–H and O–H groups in total. The molecule has 2 aromatic carbocycles.